The molecule has 0 aliphatic rings. The van der Waals surface area contributed by atoms with Gasteiger partial charge in [0.05, 0.1) is 83.3 Å². The smallest absolute Gasteiger partial charge is 0.161 e. The molecule has 0 radical (unpaired) electrons. The van der Waals surface area contributed by atoms with Gasteiger partial charge in [0, 0.05) is 150 Å². The lowest BCUT2D eigenvalue weighted by atomic mass is 10.1. The van der Waals surface area contributed by atoms with Crippen LogP contribution in [0, 0.1) is 34.0 Å². The molecule has 27 aromatic rings. The van der Waals surface area contributed by atoms with Crippen molar-refractivity contribution < 1.29 is 0 Å². The molecule has 15 heteroatoms. The van der Waals surface area contributed by atoms with Crippen LogP contribution in [0.5, 0.6) is 0 Å². The molecule has 0 atom stereocenters. The standard InChI is InChI=1S/C53H32N6.C41H25N5.C29H18N4/c54-33-36-30-46(34-12-2-1-3-13-34)56-53(55-36)35-22-24-37(25-23-35)57-51-28-26-38(58-47-18-8-4-14-40(47)41-15-5-9-19-48(41)58)31-44(51)45-32-39(27-29-52(45)57)59-49-20-10-6-16-42(49)43-17-7-11-21-50(43)59;42-26-29-24-36(27-10-2-1-3-11-27)44-41(43-29)28-18-20-30(21-19-28)45-39-17-9-6-14-34(39)35-25-31(22-23-40(35)45)46-37-15-7-4-12-32(37)33-13-5-8-16-38(33)46;30-19-22-18-26(20-8-2-1-3-9-20)32-29(31-22)21-14-16-23(17-15-21)33-27-12-6-4-10-24(27)25-11-5-7-13-28(25)33/h1-32H;1-25H;1-18H. The summed E-state index contributed by atoms with van der Waals surface area (Å²) in [6.07, 6.45) is 0. The molecule has 0 aliphatic carbocycles. The van der Waals surface area contributed by atoms with Gasteiger partial charge in [-0.15, -0.1) is 0 Å². The van der Waals surface area contributed by atoms with E-state index in [1.54, 1.807) is 18.2 Å². The molecule has 0 saturated carbocycles. The number of benzene rings is 18. The Morgan fingerprint density at radius 2 is 0.319 bits per heavy atom. The minimum absolute atomic E-state index is 0.332. The van der Waals surface area contributed by atoms with Gasteiger partial charge in [-0.25, -0.2) is 29.9 Å². The molecule has 9 heterocycles. The fourth-order valence-corrected chi connectivity index (χ4v) is 20.2. The van der Waals surface area contributed by atoms with Crippen molar-refractivity contribution in [2.24, 2.45) is 0 Å². The van der Waals surface area contributed by atoms with E-state index in [1.165, 1.54) is 98.0 Å². The SMILES string of the molecule is N#Cc1cc(-c2ccccc2)nc(-c2ccc(-n3c4ccc(-n5c6ccccc6c6ccccc65)cc4c4cc(-n5c6ccccc6c6ccccc65)ccc43)cc2)n1.N#Cc1cc(-c2ccccc2)nc(-c2ccc(-n3c4ccccc4c4cc(-n5c6ccccc6c6ccccc65)ccc43)cc2)n1.N#Cc1cc(-c2ccccc2)nc(-c2ccc(-n3c4ccccc4c4ccccc43)cc2)n1. The minimum atomic E-state index is 0.332. The van der Waals surface area contributed by atoms with Crippen LogP contribution >= 0.6 is 0 Å². The number of para-hydroxylation sites is 9. The summed E-state index contributed by atoms with van der Waals surface area (Å²) in [5.41, 5.74) is 29.0. The molecule has 0 N–H and O–H groups in total. The highest BCUT2D eigenvalue weighted by molar-refractivity contribution is 6.16. The summed E-state index contributed by atoms with van der Waals surface area (Å²) in [6.45, 7) is 0. The molecule has 9 aromatic heterocycles. The zero-order valence-corrected chi connectivity index (χ0v) is 74.0. The van der Waals surface area contributed by atoms with Gasteiger partial charge in [-0.3, -0.25) is 0 Å². The Hall–Kier alpha value is -19.5. The molecule has 0 spiro atoms. The maximum Gasteiger partial charge on any atom is 0.161 e. The van der Waals surface area contributed by atoms with Gasteiger partial charge in [0.25, 0.3) is 0 Å². The molecule has 0 fully saturated rings. The molecule has 0 bridgehead atoms. The summed E-state index contributed by atoms with van der Waals surface area (Å²) >= 11 is 0. The molecular weight excluding hydrogens is 1690 g/mol. The molecule has 0 amide bonds. The Balaban J connectivity index is 0.000000114. The summed E-state index contributed by atoms with van der Waals surface area (Å²) in [5.74, 6) is 1.59. The largest absolute Gasteiger partial charge is 0.309 e. The number of nitrogens with zero attached hydrogens (tertiary/aromatic N) is 15. The predicted molar refractivity (Wildman–Crippen MR) is 559 cm³/mol. The van der Waals surface area contributed by atoms with Gasteiger partial charge in [0.2, 0.25) is 0 Å². The minimum Gasteiger partial charge on any atom is -0.309 e. The second kappa shape index (κ2) is 33.7. The molecule has 0 saturated heterocycles. The van der Waals surface area contributed by atoms with Crippen LogP contribution in [0.2, 0.25) is 0 Å². The van der Waals surface area contributed by atoms with Crippen molar-refractivity contribution in [2.75, 3.05) is 0 Å². The summed E-state index contributed by atoms with van der Waals surface area (Å²) in [4.78, 5) is 28.1. The molecule has 0 unspecified atom stereocenters. The van der Waals surface area contributed by atoms with E-state index >= 15 is 0 Å². The van der Waals surface area contributed by atoms with Gasteiger partial charge < -0.3 is 27.4 Å². The Bertz CT molecular complexity index is 9300. The molecule has 0 aliphatic heterocycles. The topological polar surface area (TPSA) is 178 Å². The second-order valence-corrected chi connectivity index (χ2v) is 34.2. The van der Waals surface area contributed by atoms with Gasteiger partial charge in [0.1, 0.15) is 35.3 Å². The first-order chi connectivity index (χ1) is 68.3. The van der Waals surface area contributed by atoms with Crippen LogP contribution in [0.4, 0.5) is 0 Å². The highest BCUT2D eigenvalue weighted by atomic mass is 15.0. The number of fused-ring (bicyclic) bond motifs is 18. The predicted octanol–water partition coefficient (Wildman–Crippen LogP) is 29.6. The number of rotatable bonds is 12. The van der Waals surface area contributed by atoms with Crippen LogP contribution in [0.3, 0.4) is 0 Å². The Morgan fingerprint density at radius 1 is 0.145 bits per heavy atom. The fraction of sp³-hybridized carbons (Fsp3) is 0. The summed E-state index contributed by atoms with van der Waals surface area (Å²) < 4.78 is 14.1. The quantitative estimate of drug-likeness (QED) is 0.115. The maximum absolute atomic E-state index is 9.87. The van der Waals surface area contributed by atoms with E-state index < -0.39 is 0 Å². The molecule has 18 aromatic carbocycles. The molecule has 27 rings (SSSR count). The third-order valence-corrected chi connectivity index (χ3v) is 26.4. The lowest BCUT2D eigenvalue weighted by Gasteiger charge is -2.11. The van der Waals surface area contributed by atoms with E-state index in [0.717, 1.165) is 117 Å². The molecular formula is C123H75N15. The summed E-state index contributed by atoms with van der Waals surface area (Å²) in [5, 5.41) is 43.7. The Kier molecular flexibility index (Phi) is 19.7. The van der Waals surface area contributed by atoms with Crippen molar-refractivity contribution in [3.05, 3.63) is 472 Å². The van der Waals surface area contributed by atoms with Crippen molar-refractivity contribution in [1.82, 2.24) is 57.3 Å². The van der Waals surface area contributed by atoms with E-state index in [0.29, 0.717) is 34.6 Å². The molecule has 642 valence electrons. The first kappa shape index (κ1) is 80.5. The van der Waals surface area contributed by atoms with Crippen LogP contribution in [0.1, 0.15) is 17.1 Å². The third-order valence-electron chi connectivity index (χ3n) is 26.4. The average molecular weight is 1760 g/mol. The first-order valence-electron chi connectivity index (χ1n) is 45.7. The maximum atomic E-state index is 9.87. The zero-order valence-electron chi connectivity index (χ0n) is 74.0. The van der Waals surface area contributed by atoms with Gasteiger partial charge in [0.15, 0.2) is 17.5 Å². The number of hydrogen-bond donors (Lipinski definition) is 0. The van der Waals surface area contributed by atoms with Crippen molar-refractivity contribution in [3.63, 3.8) is 0 Å². The first-order valence-corrected chi connectivity index (χ1v) is 45.7. The van der Waals surface area contributed by atoms with Crippen LogP contribution in [-0.2, 0) is 0 Å². The van der Waals surface area contributed by atoms with E-state index in [-0.39, 0.29) is 0 Å². The second-order valence-electron chi connectivity index (χ2n) is 34.2. The highest BCUT2D eigenvalue weighted by Crippen LogP contribution is 2.44. The Labute approximate surface area is 791 Å². The van der Waals surface area contributed by atoms with Crippen molar-refractivity contribution in [2.45, 2.75) is 0 Å². The van der Waals surface area contributed by atoms with E-state index in [4.69, 9.17) is 15.0 Å². The van der Waals surface area contributed by atoms with Crippen LogP contribution in [0.15, 0.2) is 455 Å². The normalized spacial score (nSPS) is 11.5. The van der Waals surface area contributed by atoms with Gasteiger partial charge >= 0.3 is 0 Å². The van der Waals surface area contributed by atoms with Gasteiger partial charge in [-0.1, -0.05) is 255 Å². The zero-order chi connectivity index (χ0) is 91.8. The Morgan fingerprint density at radius 3 is 0.536 bits per heavy atom. The summed E-state index contributed by atoms with van der Waals surface area (Å²) in [7, 11) is 0. The van der Waals surface area contributed by atoms with Crippen LogP contribution < -0.4 is 0 Å². The fourth-order valence-electron chi connectivity index (χ4n) is 20.2. The lowest BCUT2D eigenvalue weighted by molar-refractivity contribution is 1.14. The monoisotopic (exact) mass is 1760 g/mol. The number of aromatic nitrogens is 12. The third kappa shape index (κ3) is 13.9. The van der Waals surface area contributed by atoms with E-state index in [2.05, 4.69) is 382 Å². The number of hydrogen-bond acceptors (Lipinski definition) is 9. The molecule has 15 nitrogen and oxygen atoms in total. The van der Waals surface area contributed by atoms with E-state index in [9.17, 15) is 15.8 Å². The summed E-state index contributed by atoms with van der Waals surface area (Å²) in [6, 6.07) is 164. The average Bonchev–Trinajstić information content (AvgIpc) is 1.55. The van der Waals surface area contributed by atoms with E-state index in [1.807, 2.05) is 115 Å². The van der Waals surface area contributed by atoms with Crippen molar-refractivity contribution >= 4 is 131 Å². The highest BCUT2D eigenvalue weighted by Gasteiger charge is 2.24. The van der Waals surface area contributed by atoms with Gasteiger partial charge in [-0.05, 0) is 182 Å². The van der Waals surface area contributed by atoms with Gasteiger partial charge in [-0.2, -0.15) is 15.8 Å². The van der Waals surface area contributed by atoms with Crippen molar-refractivity contribution in [1.29, 1.82) is 15.8 Å². The van der Waals surface area contributed by atoms with Crippen molar-refractivity contribution in [3.8, 4) is 120 Å². The lowest BCUT2D eigenvalue weighted by Crippen LogP contribution is -1.98. The number of nitriles is 3. The molecule has 138 heavy (non-hydrogen) atoms. The van der Waals surface area contributed by atoms with Crippen LogP contribution in [0.25, 0.3) is 233 Å². The van der Waals surface area contributed by atoms with Crippen LogP contribution in [-0.4, -0.2) is 57.3 Å².